The summed E-state index contributed by atoms with van der Waals surface area (Å²) < 4.78 is 32.9. The average molecular weight is 540 g/mol. The van der Waals surface area contributed by atoms with Crippen molar-refractivity contribution in [1.82, 2.24) is 4.90 Å². The van der Waals surface area contributed by atoms with Crippen molar-refractivity contribution in [3.05, 3.63) is 37.9 Å². The molecule has 32 heavy (non-hydrogen) atoms. The second-order valence-corrected chi connectivity index (χ2v) is 9.00. The molecule has 0 bridgehead atoms. The minimum atomic E-state index is -4.53. The summed E-state index contributed by atoms with van der Waals surface area (Å²) in [5, 5.41) is 32.7. The van der Waals surface area contributed by atoms with Crippen LogP contribution in [0.4, 0.5) is 17.1 Å². The van der Waals surface area contributed by atoms with E-state index in [0.29, 0.717) is 6.42 Å². The molecule has 0 aromatic heterocycles. The van der Waals surface area contributed by atoms with Crippen LogP contribution in [0.25, 0.3) is 0 Å². The van der Waals surface area contributed by atoms with Crippen molar-refractivity contribution in [1.29, 1.82) is 0 Å². The van der Waals surface area contributed by atoms with Gasteiger partial charge in [-0.2, -0.15) is 0 Å². The molecule has 0 heterocycles. The summed E-state index contributed by atoms with van der Waals surface area (Å²) in [5.41, 5.74) is -1.90. The highest BCUT2D eigenvalue weighted by Crippen LogP contribution is 2.37. The summed E-state index contributed by atoms with van der Waals surface area (Å²) in [6.07, 6.45) is 0.334. The zero-order valence-electron chi connectivity index (χ0n) is 17.3. The molecule has 1 N–H and O–H groups in total. The third-order valence-corrected chi connectivity index (χ3v) is 5.50. The van der Waals surface area contributed by atoms with Gasteiger partial charge in [-0.1, -0.05) is 22.9 Å². The number of nitro benzene ring substituents is 2. The predicted octanol–water partition coefficient (Wildman–Crippen LogP) is 1.48. The summed E-state index contributed by atoms with van der Waals surface area (Å²) >= 11 is 3.19. The second-order valence-electron chi connectivity index (χ2n) is 6.68. The van der Waals surface area contributed by atoms with Crippen LogP contribution in [0.2, 0.25) is 0 Å². The standard InChI is InChI=1S/C17H25BrN4O9S/c1-2-5-20(8-9-23)17(24)14-11-13(21(25)26)12-15(22(27)28)16(14)19(7-4-18)6-3-10-32(29,30)31/h11-12,23H,2-10H2,1H3,(H,29,30,31)/p-1. The first-order valence-corrected chi connectivity index (χ1v) is 12.3. The third kappa shape index (κ3) is 7.96. The van der Waals surface area contributed by atoms with Crippen LogP contribution in [0.5, 0.6) is 0 Å². The van der Waals surface area contributed by atoms with Crippen LogP contribution in [0.3, 0.4) is 0 Å². The summed E-state index contributed by atoms with van der Waals surface area (Å²) in [6, 6.07) is 1.66. The fraction of sp³-hybridized carbons (Fsp3) is 0.588. The third-order valence-electron chi connectivity index (χ3n) is 4.36. The number of anilines is 1. The number of nitrogens with zero attached hydrogens (tertiary/aromatic N) is 4. The maximum Gasteiger partial charge on any atom is 0.300 e. The van der Waals surface area contributed by atoms with Crippen molar-refractivity contribution in [3.63, 3.8) is 0 Å². The molecule has 13 nitrogen and oxygen atoms in total. The van der Waals surface area contributed by atoms with Gasteiger partial charge in [-0.25, -0.2) is 8.42 Å². The largest absolute Gasteiger partial charge is 0.748 e. The van der Waals surface area contributed by atoms with Gasteiger partial charge in [0.1, 0.15) is 5.69 Å². The van der Waals surface area contributed by atoms with Crippen molar-refractivity contribution >= 4 is 49.0 Å². The van der Waals surface area contributed by atoms with Gasteiger partial charge in [-0.05, 0) is 12.8 Å². The Morgan fingerprint density at radius 1 is 1.12 bits per heavy atom. The number of rotatable bonds is 14. The number of carbonyl (C=O) groups excluding carboxylic acids is 1. The topological polar surface area (TPSA) is 187 Å². The van der Waals surface area contributed by atoms with Gasteiger partial charge < -0.3 is 19.5 Å². The number of hydrogen-bond acceptors (Lipinski definition) is 10. The van der Waals surface area contributed by atoms with Crippen LogP contribution in [-0.4, -0.2) is 82.6 Å². The van der Waals surface area contributed by atoms with E-state index in [4.69, 9.17) is 0 Å². The van der Waals surface area contributed by atoms with Gasteiger partial charge in [0.25, 0.3) is 17.3 Å². The molecule has 0 spiro atoms. The number of amides is 1. The first-order chi connectivity index (χ1) is 15.0. The van der Waals surface area contributed by atoms with E-state index in [1.807, 2.05) is 0 Å². The number of alkyl halides is 1. The van der Waals surface area contributed by atoms with Gasteiger partial charge >= 0.3 is 0 Å². The molecule has 1 aromatic carbocycles. The molecule has 0 saturated heterocycles. The molecule has 180 valence electrons. The summed E-state index contributed by atoms with van der Waals surface area (Å²) in [6.45, 7) is 1.46. The number of halogens is 1. The molecule has 0 aliphatic rings. The lowest BCUT2D eigenvalue weighted by molar-refractivity contribution is -0.393. The molecular formula is C17H24BrN4O9S-. The predicted molar refractivity (Wildman–Crippen MR) is 118 cm³/mol. The lowest BCUT2D eigenvalue weighted by Gasteiger charge is -2.28. The Bertz CT molecular complexity index is 936. The Balaban J connectivity index is 3.70. The van der Waals surface area contributed by atoms with Crippen molar-refractivity contribution < 1.29 is 32.7 Å². The van der Waals surface area contributed by atoms with E-state index in [-0.39, 0.29) is 55.8 Å². The Kier molecular flexibility index (Phi) is 10.9. The van der Waals surface area contributed by atoms with Crippen LogP contribution in [0.15, 0.2) is 12.1 Å². The van der Waals surface area contributed by atoms with Gasteiger partial charge in [0.05, 0.1) is 38.2 Å². The van der Waals surface area contributed by atoms with E-state index < -0.39 is 43.0 Å². The maximum atomic E-state index is 13.2. The SMILES string of the molecule is CCCN(CCO)C(=O)c1cc([N+](=O)[O-])cc([N+](=O)[O-])c1N(CCBr)CCCS(=O)(=O)[O-]. The fourth-order valence-electron chi connectivity index (χ4n) is 3.09. The lowest BCUT2D eigenvalue weighted by atomic mass is 10.1. The van der Waals surface area contributed by atoms with Crippen molar-refractivity contribution in [2.24, 2.45) is 0 Å². The molecule has 1 rings (SSSR count). The molecule has 0 aliphatic heterocycles. The van der Waals surface area contributed by atoms with E-state index in [1.165, 1.54) is 9.80 Å². The van der Waals surface area contributed by atoms with Crippen LogP contribution in [0, 0.1) is 20.2 Å². The number of benzene rings is 1. The van der Waals surface area contributed by atoms with Crippen LogP contribution < -0.4 is 4.90 Å². The molecular weight excluding hydrogens is 516 g/mol. The number of non-ortho nitro benzene ring substituents is 1. The molecule has 15 heteroatoms. The van der Waals surface area contributed by atoms with E-state index in [0.717, 1.165) is 12.1 Å². The van der Waals surface area contributed by atoms with Gasteiger partial charge in [-0.3, -0.25) is 25.0 Å². The summed E-state index contributed by atoms with van der Waals surface area (Å²) in [7, 11) is -4.53. The fourth-order valence-corrected chi connectivity index (χ4v) is 4.00. The molecule has 0 saturated carbocycles. The molecule has 0 fully saturated rings. The summed E-state index contributed by atoms with van der Waals surface area (Å²) in [5.74, 6) is -1.47. The second kappa shape index (κ2) is 12.6. The first-order valence-electron chi connectivity index (χ1n) is 9.58. The highest BCUT2D eigenvalue weighted by atomic mass is 79.9. The van der Waals surface area contributed by atoms with E-state index in [9.17, 15) is 43.1 Å². The summed E-state index contributed by atoms with van der Waals surface area (Å²) in [4.78, 5) is 37.2. The first kappa shape index (κ1) is 27.7. The molecule has 0 radical (unpaired) electrons. The van der Waals surface area contributed by atoms with Crippen molar-refractivity contribution in [3.8, 4) is 0 Å². The normalized spacial score (nSPS) is 11.2. The molecule has 0 unspecified atom stereocenters. The minimum Gasteiger partial charge on any atom is -0.748 e. The van der Waals surface area contributed by atoms with Crippen molar-refractivity contribution in [2.45, 2.75) is 19.8 Å². The monoisotopic (exact) mass is 539 g/mol. The maximum absolute atomic E-state index is 13.2. The molecule has 1 amide bonds. The van der Waals surface area contributed by atoms with E-state index in [2.05, 4.69) is 15.9 Å². The van der Waals surface area contributed by atoms with Crippen molar-refractivity contribution in [2.75, 3.05) is 48.8 Å². The number of hydrogen-bond donors (Lipinski definition) is 1. The minimum absolute atomic E-state index is 0.0878. The van der Waals surface area contributed by atoms with Gasteiger partial charge in [0, 0.05) is 43.3 Å². The average Bonchev–Trinajstić information content (AvgIpc) is 2.70. The Labute approximate surface area is 193 Å². The number of aliphatic hydroxyl groups excluding tert-OH is 1. The number of nitro groups is 2. The number of aliphatic hydroxyl groups is 1. The molecule has 0 aliphatic carbocycles. The molecule has 0 atom stereocenters. The van der Waals surface area contributed by atoms with Crippen LogP contribution >= 0.6 is 15.9 Å². The lowest BCUT2D eigenvalue weighted by Crippen LogP contribution is -2.37. The smallest absolute Gasteiger partial charge is 0.300 e. The van der Waals surface area contributed by atoms with Gasteiger partial charge in [-0.15, -0.1) is 0 Å². The Morgan fingerprint density at radius 3 is 2.25 bits per heavy atom. The zero-order valence-corrected chi connectivity index (χ0v) is 19.7. The quantitative estimate of drug-likeness (QED) is 0.157. The molecule has 1 aromatic rings. The Morgan fingerprint density at radius 2 is 1.78 bits per heavy atom. The van der Waals surface area contributed by atoms with Crippen LogP contribution in [0.1, 0.15) is 30.1 Å². The highest BCUT2D eigenvalue weighted by Gasteiger charge is 2.32. The van der Waals surface area contributed by atoms with Gasteiger partial charge in [0.15, 0.2) is 0 Å². The zero-order chi connectivity index (χ0) is 24.5. The van der Waals surface area contributed by atoms with E-state index >= 15 is 0 Å². The van der Waals surface area contributed by atoms with Gasteiger partial charge in [0.2, 0.25) is 0 Å². The van der Waals surface area contributed by atoms with Crippen LogP contribution in [-0.2, 0) is 10.1 Å². The van der Waals surface area contributed by atoms with E-state index in [1.54, 1.807) is 6.92 Å². The number of carbonyl (C=O) groups is 1. The highest BCUT2D eigenvalue weighted by molar-refractivity contribution is 9.09. The Hall–Kier alpha value is -2.36.